The molecule has 0 saturated carbocycles. The summed E-state index contributed by atoms with van der Waals surface area (Å²) in [4.78, 5) is 11.8. The van der Waals surface area contributed by atoms with Crippen LogP contribution in [0.1, 0.15) is 11.9 Å². The second kappa shape index (κ2) is 6.76. The summed E-state index contributed by atoms with van der Waals surface area (Å²) in [6.45, 7) is 1.94. The van der Waals surface area contributed by atoms with E-state index in [-0.39, 0.29) is 16.6 Å². The van der Waals surface area contributed by atoms with Gasteiger partial charge < -0.3 is 0 Å². The molecule has 1 N–H and O–H groups in total. The quantitative estimate of drug-likeness (QED) is 0.861. The first kappa shape index (κ1) is 14.9. The molecule has 0 fully saturated rings. The summed E-state index contributed by atoms with van der Waals surface area (Å²) in [5, 5.41) is 11.5. The highest BCUT2D eigenvalue weighted by atomic mass is 32.2. The molecule has 0 aliphatic rings. The Balaban J connectivity index is 1.90. The van der Waals surface area contributed by atoms with Gasteiger partial charge >= 0.3 is 0 Å². The van der Waals surface area contributed by atoms with Gasteiger partial charge in [0.05, 0.1) is 5.75 Å². The second-order valence-corrected chi connectivity index (χ2v) is 5.85. The number of hydrogen-bond donors (Lipinski definition) is 1. The summed E-state index contributed by atoms with van der Waals surface area (Å²) in [5.41, 5.74) is 0. The standard InChI is InChI=1S/C12H11F2N3OS2/c1-2-11-16-17-12(20-11)15-10(18)6-19-9-5-7(13)3-4-8(9)14/h3-5H,2,6H2,1H3,(H,15,17,18). The van der Waals surface area contributed by atoms with Gasteiger partial charge in [-0.3, -0.25) is 10.1 Å². The maximum atomic E-state index is 13.4. The Hall–Kier alpha value is -1.54. The Bertz CT molecular complexity index is 618. The predicted molar refractivity (Wildman–Crippen MR) is 75.0 cm³/mol. The molecule has 0 spiro atoms. The number of thioether (sulfide) groups is 1. The Morgan fingerprint density at radius 2 is 2.20 bits per heavy atom. The molecule has 8 heteroatoms. The lowest BCUT2D eigenvalue weighted by Gasteiger charge is -2.03. The van der Waals surface area contributed by atoms with Crippen LogP contribution in [0.4, 0.5) is 13.9 Å². The molecule has 0 radical (unpaired) electrons. The third kappa shape index (κ3) is 3.97. The number of halogens is 2. The van der Waals surface area contributed by atoms with Crippen LogP contribution in [0.25, 0.3) is 0 Å². The van der Waals surface area contributed by atoms with Crippen molar-refractivity contribution in [3.8, 4) is 0 Å². The minimum atomic E-state index is -0.548. The molecular weight excluding hydrogens is 304 g/mol. The maximum absolute atomic E-state index is 13.4. The van der Waals surface area contributed by atoms with E-state index in [1.165, 1.54) is 11.3 Å². The number of anilines is 1. The number of rotatable bonds is 5. The van der Waals surface area contributed by atoms with E-state index in [1.54, 1.807) is 0 Å². The average molecular weight is 315 g/mol. The van der Waals surface area contributed by atoms with Crippen LogP contribution in [0.15, 0.2) is 23.1 Å². The van der Waals surface area contributed by atoms with Gasteiger partial charge in [0.15, 0.2) is 0 Å². The lowest BCUT2D eigenvalue weighted by atomic mass is 10.3. The first-order chi connectivity index (χ1) is 9.58. The average Bonchev–Trinajstić information content (AvgIpc) is 2.87. The summed E-state index contributed by atoms with van der Waals surface area (Å²) >= 11 is 2.22. The van der Waals surface area contributed by atoms with E-state index in [9.17, 15) is 13.6 Å². The van der Waals surface area contributed by atoms with Gasteiger partial charge in [0.1, 0.15) is 16.6 Å². The van der Waals surface area contributed by atoms with E-state index >= 15 is 0 Å². The molecule has 2 aromatic rings. The van der Waals surface area contributed by atoms with Gasteiger partial charge in [-0.1, -0.05) is 18.3 Å². The zero-order valence-corrected chi connectivity index (χ0v) is 12.2. The van der Waals surface area contributed by atoms with E-state index in [2.05, 4.69) is 15.5 Å². The highest BCUT2D eigenvalue weighted by Crippen LogP contribution is 2.23. The molecule has 1 aromatic carbocycles. The summed E-state index contributed by atoms with van der Waals surface area (Å²) in [6, 6.07) is 3.13. The van der Waals surface area contributed by atoms with E-state index in [1.807, 2.05) is 6.92 Å². The third-order valence-electron chi connectivity index (χ3n) is 2.27. The van der Waals surface area contributed by atoms with Crippen LogP contribution in [0, 0.1) is 11.6 Å². The Kier molecular flexibility index (Phi) is 5.02. The molecule has 0 saturated heterocycles. The molecular formula is C12H11F2N3OS2. The van der Waals surface area contributed by atoms with Crippen LogP contribution < -0.4 is 5.32 Å². The number of nitrogens with zero attached hydrogens (tertiary/aromatic N) is 2. The van der Waals surface area contributed by atoms with Crippen molar-refractivity contribution in [2.24, 2.45) is 0 Å². The zero-order chi connectivity index (χ0) is 14.5. The zero-order valence-electron chi connectivity index (χ0n) is 10.5. The normalized spacial score (nSPS) is 10.6. The topological polar surface area (TPSA) is 54.9 Å². The molecule has 4 nitrogen and oxygen atoms in total. The highest BCUT2D eigenvalue weighted by Gasteiger charge is 2.10. The summed E-state index contributed by atoms with van der Waals surface area (Å²) < 4.78 is 26.3. The van der Waals surface area contributed by atoms with E-state index in [0.29, 0.717) is 5.13 Å². The number of amides is 1. The van der Waals surface area contributed by atoms with Crippen LogP contribution in [0.2, 0.25) is 0 Å². The van der Waals surface area contributed by atoms with Crippen molar-refractivity contribution in [1.82, 2.24) is 10.2 Å². The number of nitrogens with one attached hydrogen (secondary N) is 1. The third-order valence-corrected chi connectivity index (χ3v) is 4.28. The van der Waals surface area contributed by atoms with Crippen LogP contribution in [0.3, 0.4) is 0 Å². The van der Waals surface area contributed by atoms with Crippen LogP contribution in [-0.4, -0.2) is 21.9 Å². The van der Waals surface area contributed by atoms with Crippen molar-refractivity contribution in [2.75, 3.05) is 11.1 Å². The number of benzene rings is 1. The summed E-state index contributed by atoms with van der Waals surface area (Å²) in [6.07, 6.45) is 0.747. The summed E-state index contributed by atoms with van der Waals surface area (Å²) in [5.74, 6) is -1.45. The Morgan fingerprint density at radius 3 is 2.90 bits per heavy atom. The highest BCUT2D eigenvalue weighted by molar-refractivity contribution is 8.00. The lowest BCUT2D eigenvalue weighted by molar-refractivity contribution is -0.113. The fourth-order valence-corrected chi connectivity index (χ4v) is 2.79. The van der Waals surface area contributed by atoms with Gasteiger partial charge in [-0.2, -0.15) is 0 Å². The maximum Gasteiger partial charge on any atom is 0.236 e. The molecule has 0 bridgehead atoms. The monoisotopic (exact) mass is 315 g/mol. The van der Waals surface area contributed by atoms with Crippen molar-refractivity contribution in [3.63, 3.8) is 0 Å². The predicted octanol–water partition coefficient (Wildman–Crippen LogP) is 3.11. The molecule has 0 aliphatic carbocycles. The van der Waals surface area contributed by atoms with E-state index in [4.69, 9.17) is 0 Å². The number of carbonyl (C=O) groups excluding carboxylic acids is 1. The van der Waals surface area contributed by atoms with Crippen molar-refractivity contribution < 1.29 is 13.6 Å². The largest absolute Gasteiger partial charge is 0.300 e. The molecule has 2 rings (SSSR count). The number of aryl methyl sites for hydroxylation is 1. The minimum Gasteiger partial charge on any atom is -0.300 e. The van der Waals surface area contributed by atoms with Gasteiger partial charge in [0, 0.05) is 4.90 Å². The van der Waals surface area contributed by atoms with E-state index in [0.717, 1.165) is 41.4 Å². The molecule has 0 aliphatic heterocycles. The van der Waals surface area contributed by atoms with Crippen LogP contribution in [0.5, 0.6) is 0 Å². The Labute approximate surface area is 122 Å². The Morgan fingerprint density at radius 1 is 1.40 bits per heavy atom. The smallest absolute Gasteiger partial charge is 0.236 e. The molecule has 1 aromatic heterocycles. The molecule has 1 amide bonds. The van der Waals surface area contributed by atoms with Crippen LogP contribution in [-0.2, 0) is 11.2 Å². The molecule has 0 unspecified atom stereocenters. The number of hydrogen-bond acceptors (Lipinski definition) is 5. The summed E-state index contributed by atoms with van der Waals surface area (Å²) in [7, 11) is 0. The van der Waals surface area contributed by atoms with Gasteiger partial charge in [0.25, 0.3) is 0 Å². The first-order valence-electron chi connectivity index (χ1n) is 5.78. The second-order valence-electron chi connectivity index (χ2n) is 3.77. The fourth-order valence-electron chi connectivity index (χ4n) is 1.33. The molecule has 1 heterocycles. The van der Waals surface area contributed by atoms with Crippen molar-refractivity contribution in [3.05, 3.63) is 34.8 Å². The number of aromatic nitrogens is 2. The van der Waals surface area contributed by atoms with Crippen LogP contribution >= 0.6 is 23.1 Å². The van der Waals surface area contributed by atoms with Gasteiger partial charge in [-0.15, -0.1) is 22.0 Å². The lowest BCUT2D eigenvalue weighted by Crippen LogP contribution is -2.13. The minimum absolute atomic E-state index is 0.0264. The number of carbonyl (C=O) groups is 1. The van der Waals surface area contributed by atoms with Gasteiger partial charge in [-0.05, 0) is 24.6 Å². The molecule has 0 atom stereocenters. The van der Waals surface area contributed by atoms with Gasteiger partial charge in [0.2, 0.25) is 11.0 Å². The SMILES string of the molecule is CCc1nnc(NC(=O)CSc2cc(F)ccc2F)s1. The van der Waals surface area contributed by atoms with E-state index < -0.39 is 11.6 Å². The van der Waals surface area contributed by atoms with Crippen molar-refractivity contribution >= 4 is 34.1 Å². The first-order valence-corrected chi connectivity index (χ1v) is 7.58. The fraction of sp³-hybridized carbons (Fsp3) is 0.250. The van der Waals surface area contributed by atoms with Crippen molar-refractivity contribution in [1.29, 1.82) is 0 Å². The van der Waals surface area contributed by atoms with Crippen molar-refractivity contribution in [2.45, 2.75) is 18.2 Å². The molecule has 106 valence electrons. The molecule has 20 heavy (non-hydrogen) atoms. The van der Waals surface area contributed by atoms with Gasteiger partial charge in [-0.25, -0.2) is 8.78 Å².